The van der Waals surface area contributed by atoms with Gasteiger partial charge in [-0.3, -0.25) is 4.79 Å². The Balaban J connectivity index is 1.79. The molecule has 3 N–H and O–H groups in total. The lowest BCUT2D eigenvalue weighted by Gasteiger charge is -2.23. The van der Waals surface area contributed by atoms with Crippen molar-refractivity contribution in [1.82, 2.24) is 10.0 Å². The third-order valence-corrected chi connectivity index (χ3v) is 5.38. The molecule has 1 aliphatic carbocycles. The molecule has 1 unspecified atom stereocenters. The fraction of sp³-hybridized carbons (Fsp3) is 0.533. The Morgan fingerprint density at radius 3 is 2.79 bits per heavy atom. The summed E-state index contributed by atoms with van der Waals surface area (Å²) in [4.78, 5) is 12.2. The highest BCUT2D eigenvalue weighted by Crippen LogP contribution is 2.29. The zero-order valence-corrected chi connectivity index (χ0v) is 14.2. The molecular formula is C15H21N3O5S. The van der Waals surface area contributed by atoms with Crippen molar-refractivity contribution in [1.29, 1.82) is 0 Å². The maximum atomic E-state index is 12.5. The molecule has 0 radical (unpaired) electrons. The number of ether oxygens (including phenoxy) is 2. The van der Waals surface area contributed by atoms with Gasteiger partial charge in [0.25, 0.3) is 5.91 Å². The Hall–Kier alpha value is -1.68. The minimum absolute atomic E-state index is 0.0115. The molecule has 1 aromatic rings. The van der Waals surface area contributed by atoms with Gasteiger partial charge in [0.1, 0.15) is 16.7 Å². The molecule has 24 heavy (non-hydrogen) atoms. The van der Waals surface area contributed by atoms with Crippen molar-refractivity contribution in [3.63, 3.8) is 0 Å². The summed E-state index contributed by atoms with van der Waals surface area (Å²) in [6, 6.07) is 4.51. The van der Waals surface area contributed by atoms with Crippen LogP contribution in [0.5, 0.6) is 5.75 Å². The first-order chi connectivity index (χ1) is 11.5. The van der Waals surface area contributed by atoms with Crippen molar-refractivity contribution in [2.45, 2.75) is 29.9 Å². The summed E-state index contributed by atoms with van der Waals surface area (Å²) in [6.07, 6.45) is 1.08. The summed E-state index contributed by atoms with van der Waals surface area (Å²) in [5.74, 6) is -0.0809. The van der Waals surface area contributed by atoms with Gasteiger partial charge in [-0.05, 0) is 31.0 Å². The molecule has 1 aliphatic heterocycles. The van der Waals surface area contributed by atoms with E-state index in [1.165, 1.54) is 19.2 Å². The van der Waals surface area contributed by atoms with Crippen LogP contribution in [0.25, 0.3) is 0 Å². The molecule has 1 amide bonds. The minimum atomic E-state index is -3.69. The molecule has 8 nitrogen and oxygen atoms in total. The molecule has 0 bridgehead atoms. The average Bonchev–Trinajstić information content (AvgIpc) is 3.39. The lowest BCUT2D eigenvalue weighted by atomic mass is 10.2. The van der Waals surface area contributed by atoms with Crippen LogP contribution in [0.1, 0.15) is 12.8 Å². The van der Waals surface area contributed by atoms with Crippen LogP contribution >= 0.6 is 0 Å². The molecule has 1 atom stereocenters. The predicted molar refractivity (Wildman–Crippen MR) is 87.6 cm³/mol. The van der Waals surface area contributed by atoms with Crippen LogP contribution in [0, 0.1) is 0 Å². The second kappa shape index (κ2) is 7.06. The number of benzene rings is 1. The van der Waals surface area contributed by atoms with E-state index in [0.717, 1.165) is 12.8 Å². The number of rotatable bonds is 6. The van der Waals surface area contributed by atoms with Crippen molar-refractivity contribution < 1.29 is 22.7 Å². The van der Waals surface area contributed by atoms with Crippen molar-refractivity contribution >= 4 is 21.6 Å². The van der Waals surface area contributed by atoms with Gasteiger partial charge in [-0.1, -0.05) is 0 Å². The molecule has 0 aromatic heterocycles. The topological polar surface area (TPSA) is 106 Å². The molecule has 1 saturated carbocycles. The number of hydrogen-bond acceptors (Lipinski definition) is 6. The number of morpholine rings is 1. The maximum absolute atomic E-state index is 12.5. The fourth-order valence-electron chi connectivity index (χ4n) is 2.41. The molecule has 1 aromatic carbocycles. The first-order valence-corrected chi connectivity index (χ1v) is 9.31. The lowest BCUT2D eigenvalue weighted by molar-refractivity contribution is -0.128. The highest BCUT2D eigenvalue weighted by atomic mass is 32.2. The van der Waals surface area contributed by atoms with E-state index in [2.05, 4.69) is 15.4 Å². The summed E-state index contributed by atoms with van der Waals surface area (Å²) in [5, 5.41) is 5.76. The first-order valence-electron chi connectivity index (χ1n) is 7.83. The molecule has 2 fully saturated rings. The maximum Gasteiger partial charge on any atom is 0.254 e. The Kier molecular flexibility index (Phi) is 5.04. The minimum Gasteiger partial charge on any atom is -0.495 e. The standard InChI is InChI=1S/C15H21N3O5S/c1-22-12-5-4-11(17-15(19)13-9-16-6-7-23-13)8-14(12)24(20,21)18-10-2-3-10/h4-5,8,10,13,16,18H,2-3,6-7,9H2,1H3,(H,17,19). The van der Waals surface area contributed by atoms with Gasteiger partial charge >= 0.3 is 0 Å². The largest absolute Gasteiger partial charge is 0.495 e. The van der Waals surface area contributed by atoms with Crippen molar-refractivity contribution in [3.05, 3.63) is 18.2 Å². The molecule has 1 heterocycles. The number of carbonyl (C=O) groups is 1. The van der Waals surface area contributed by atoms with Crippen LogP contribution in [-0.4, -0.2) is 53.3 Å². The zero-order valence-electron chi connectivity index (χ0n) is 13.4. The SMILES string of the molecule is COc1ccc(NC(=O)C2CNCCO2)cc1S(=O)(=O)NC1CC1. The molecule has 132 valence electrons. The van der Waals surface area contributed by atoms with E-state index in [-0.39, 0.29) is 22.6 Å². The molecular weight excluding hydrogens is 334 g/mol. The van der Waals surface area contributed by atoms with Crippen LogP contribution < -0.4 is 20.1 Å². The molecule has 1 saturated heterocycles. The summed E-state index contributed by atoms with van der Waals surface area (Å²) < 4.78 is 38.1. The Labute approximate surface area is 141 Å². The second-order valence-electron chi connectivity index (χ2n) is 5.81. The summed E-state index contributed by atoms with van der Waals surface area (Å²) in [5.41, 5.74) is 0.381. The number of amides is 1. The van der Waals surface area contributed by atoms with Crippen molar-refractivity contribution in [2.75, 3.05) is 32.1 Å². The van der Waals surface area contributed by atoms with E-state index in [0.29, 0.717) is 25.4 Å². The van der Waals surface area contributed by atoms with E-state index < -0.39 is 16.1 Å². The summed E-state index contributed by atoms with van der Waals surface area (Å²) in [7, 11) is -2.28. The van der Waals surface area contributed by atoms with Gasteiger partial charge in [-0.15, -0.1) is 0 Å². The molecule has 0 spiro atoms. The van der Waals surface area contributed by atoms with Crippen molar-refractivity contribution in [3.8, 4) is 5.75 Å². The molecule has 3 rings (SSSR count). The van der Waals surface area contributed by atoms with Gasteiger partial charge in [0.05, 0.1) is 13.7 Å². The third kappa shape index (κ3) is 4.04. The Morgan fingerprint density at radius 1 is 1.38 bits per heavy atom. The number of methoxy groups -OCH3 is 1. The highest BCUT2D eigenvalue weighted by Gasteiger charge is 2.30. The fourth-order valence-corrected chi connectivity index (χ4v) is 3.90. The van der Waals surface area contributed by atoms with E-state index in [1.54, 1.807) is 6.07 Å². The van der Waals surface area contributed by atoms with Crippen LogP contribution in [-0.2, 0) is 19.6 Å². The van der Waals surface area contributed by atoms with E-state index in [1.807, 2.05) is 0 Å². The quantitative estimate of drug-likeness (QED) is 0.666. The van der Waals surface area contributed by atoms with Gasteiger partial charge in [0, 0.05) is 24.8 Å². The number of carbonyl (C=O) groups excluding carboxylic acids is 1. The van der Waals surface area contributed by atoms with E-state index in [9.17, 15) is 13.2 Å². The van der Waals surface area contributed by atoms with Gasteiger partial charge in [-0.25, -0.2) is 13.1 Å². The van der Waals surface area contributed by atoms with E-state index >= 15 is 0 Å². The molecule has 2 aliphatic rings. The normalized spacial score (nSPS) is 21.3. The van der Waals surface area contributed by atoms with Gasteiger partial charge in [0.2, 0.25) is 10.0 Å². The van der Waals surface area contributed by atoms with E-state index in [4.69, 9.17) is 9.47 Å². The number of hydrogen-bond donors (Lipinski definition) is 3. The zero-order chi connectivity index (χ0) is 17.2. The summed E-state index contributed by atoms with van der Waals surface area (Å²) in [6.45, 7) is 1.60. The van der Waals surface area contributed by atoms with Gasteiger partial charge in [-0.2, -0.15) is 0 Å². The monoisotopic (exact) mass is 355 g/mol. The number of nitrogens with one attached hydrogen (secondary N) is 3. The molecule has 9 heteroatoms. The van der Waals surface area contributed by atoms with Gasteiger partial charge < -0.3 is 20.1 Å². The van der Waals surface area contributed by atoms with Gasteiger partial charge in [0.15, 0.2) is 0 Å². The Morgan fingerprint density at radius 2 is 2.17 bits per heavy atom. The number of sulfonamides is 1. The lowest BCUT2D eigenvalue weighted by Crippen LogP contribution is -2.45. The summed E-state index contributed by atoms with van der Waals surface area (Å²) >= 11 is 0. The van der Waals surface area contributed by atoms with Crippen LogP contribution in [0.4, 0.5) is 5.69 Å². The average molecular weight is 355 g/mol. The van der Waals surface area contributed by atoms with Crippen LogP contribution in [0.3, 0.4) is 0 Å². The third-order valence-electron chi connectivity index (χ3n) is 3.84. The van der Waals surface area contributed by atoms with Crippen LogP contribution in [0.15, 0.2) is 23.1 Å². The second-order valence-corrected chi connectivity index (χ2v) is 7.50. The highest BCUT2D eigenvalue weighted by molar-refractivity contribution is 7.89. The Bertz CT molecular complexity index is 712. The van der Waals surface area contributed by atoms with Crippen LogP contribution in [0.2, 0.25) is 0 Å². The predicted octanol–water partition coefficient (Wildman–Crippen LogP) is 0.0628. The smallest absolute Gasteiger partial charge is 0.254 e. The van der Waals surface area contributed by atoms with Crippen molar-refractivity contribution in [2.24, 2.45) is 0 Å². The first kappa shape index (κ1) is 17.2. The number of anilines is 1.